The molecule has 0 bridgehead atoms. The van der Waals surface area contributed by atoms with Gasteiger partial charge in [-0.25, -0.2) is 0 Å². The molecule has 1 saturated heterocycles. The molecule has 2 rings (SSSR count). The Hall–Kier alpha value is -0.860. The average Bonchev–Trinajstić information content (AvgIpc) is 2.69. The van der Waals surface area contributed by atoms with Crippen molar-refractivity contribution in [2.75, 3.05) is 20.3 Å². The predicted molar refractivity (Wildman–Crippen MR) is 62.0 cm³/mol. The molecule has 1 unspecified atom stereocenters. The SMILES string of the molecule is COCC1(c2ccc(C)cc2)CCCN1. The summed E-state index contributed by atoms with van der Waals surface area (Å²) in [6, 6.07) is 8.78. The molecule has 0 radical (unpaired) electrons. The molecule has 0 saturated carbocycles. The molecule has 1 heterocycles. The quantitative estimate of drug-likeness (QED) is 0.817. The van der Waals surface area contributed by atoms with Crippen LogP contribution in [-0.4, -0.2) is 20.3 Å². The second kappa shape index (κ2) is 4.33. The van der Waals surface area contributed by atoms with Crippen LogP contribution in [0.4, 0.5) is 0 Å². The number of hydrogen-bond donors (Lipinski definition) is 1. The highest BCUT2D eigenvalue weighted by Crippen LogP contribution is 2.31. The van der Waals surface area contributed by atoms with E-state index in [1.165, 1.54) is 24.0 Å². The third kappa shape index (κ3) is 2.06. The predicted octanol–water partition coefficient (Wildman–Crippen LogP) is 2.22. The smallest absolute Gasteiger partial charge is 0.0686 e. The van der Waals surface area contributed by atoms with E-state index in [2.05, 4.69) is 36.5 Å². The molecule has 1 aromatic carbocycles. The summed E-state index contributed by atoms with van der Waals surface area (Å²) in [6.45, 7) is 3.97. The van der Waals surface area contributed by atoms with Gasteiger partial charge in [0, 0.05) is 7.11 Å². The van der Waals surface area contributed by atoms with Crippen molar-refractivity contribution < 1.29 is 4.74 Å². The first-order chi connectivity index (χ1) is 7.27. The highest BCUT2D eigenvalue weighted by atomic mass is 16.5. The first kappa shape index (κ1) is 10.7. The van der Waals surface area contributed by atoms with Gasteiger partial charge in [-0.05, 0) is 31.9 Å². The first-order valence-corrected chi connectivity index (χ1v) is 5.58. The minimum Gasteiger partial charge on any atom is -0.382 e. The summed E-state index contributed by atoms with van der Waals surface area (Å²) >= 11 is 0. The molecule has 2 heteroatoms. The normalized spacial score (nSPS) is 25.7. The summed E-state index contributed by atoms with van der Waals surface area (Å²) in [5.74, 6) is 0. The molecule has 1 fully saturated rings. The summed E-state index contributed by atoms with van der Waals surface area (Å²) in [5.41, 5.74) is 2.72. The van der Waals surface area contributed by atoms with Gasteiger partial charge in [-0.3, -0.25) is 0 Å². The zero-order valence-electron chi connectivity index (χ0n) is 9.55. The monoisotopic (exact) mass is 205 g/mol. The van der Waals surface area contributed by atoms with Crippen molar-refractivity contribution in [2.24, 2.45) is 0 Å². The van der Waals surface area contributed by atoms with Crippen molar-refractivity contribution in [2.45, 2.75) is 25.3 Å². The van der Waals surface area contributed by atoms with Gasteiger partial charge < -0.3 is 10.1 Å². The molecule has 1 aromatic rings. The Morgan fingerprint density at radius 1 is 1.33 bits per heavy atom. The average molecular weight is 205 g/mol. The van der Waals surface area contributed by atoms with Crippen molar-refractivity contribution in [3.63, 3.8) is 0 Å². The molecule has 0 aromatic heterocycles. The van der Waals surface area contributed by atoms with E-state index in [4.69, 9.17) is 4.74 Å². The van der Waals surface area contributed by atoms with E-state index in [0.29, 0.717) is 0 Å². The van der Waals surface area contributed by atoms with Crippen LogP contribution in [0.25, 0.3) is 0 Å². The van der Waals surface area contributed by atoms with Gasteiger partial charge in [0.05, 0.1) is 12.1 Å². The molecule has 1 aliphatic heterocycles. The molecule has 1 N–H and O–H groups in total. The van der Waals surface area contributed by atoms with Crippen LogP contribution in [0, 0.1) is 6.92 Å². The Morgan fingerprint density at radius 3 is 2.60 bits per heavy atom. The molecule has 0 aliphatic carbocycles. The van der Waals surface area contributed by atoms with Gasteiger partial charge in [-0.1, -0.05) is 29.8 Å². The van der Waals surface area contributed by atoms with Crippen LogP contribution in [-0.2, 0) is 10.3 Å². The minimum absolute atomic E-state index is 0.0580. The largest absolute Gasteiger partial charge is 0.382 e. The number of benzene rings is 1. The van der Waals surface area contributed by atoms with Gasteiger partial charge in [0.25, 0.3) is 0 Å². The Kier molecular flexibility index (Phi) is 3.08. The van der Waals surface area contributed by atoms with Gasteiger partial charge in [-0.2, -0.15) is 0 Å². The van der Waals surface area contributed by atoms with Crippen LogP contribution < -0.4 is 5.32 Å². The van der Waals surface area contributed by atoms with Crippen molar-refractivity contribution in [3.05, 3.63) is 35.4 Å². The maximum atomic E-state index is 5.35. The van der Waals surface area contributed by atoms with E-state index in [1.54, 1.807) is 7.11 Å². The van der Waals surface area contributed by atoms with E-state index in [0.717, 1.165) is 13.2 Å². The van der Waals surface area contributed by atoms with Gasteiger partial charge >= 0.3 is 0 Å². The number of rotatable bonds is 3. The highest BCUT2D eigenvalue weighted by molar-refractivity contribution is 5.29. The zero-order chi connectivity index (χ0) is 10.7. The molecular formula is C13H19NO. The van der Waals surface area contributed by atoms with Crippen molar-refractivity contribution in [1.82, 2.24) is 5.32 Å². The Labute approximate surface area is 91.6 Å². The molecule has 1 atom stereocenters. The molecule has 15 heavy (non-hydrogen) atoms. The summed E-state index contributed by atoms with van der Waals surface area (Å²) in [5, 5.41) is 3.58. The van der Waals surface area contributed by atoms with Crippen LogP contribution in [0.2, 0.25) is 0 Å². The lowest BCUT2D eigenvalue weighted by atomic mass is 9.89. The number of nitrogens with one attached hydrogen (secondary N) is 1. The van der Waals surface area contributed by atoms with Crippen molar-refractivity contribution in [3.8, 4) is 0 Å². The number of ether oxygens (including phenoxy) is 1. The Morgan fingerprint density at radius 2 is 2.07 bits per heavy atom. The van der Waals surface area contributed by atoms with Crippen molar-refractivity contribution >= 4 is 0 Å². The Balaban J connectivity index is 2.28. The zero-order valence-corrected chi connectivity index (χ0v) is 9.55. The molecule has 2 nitrogen and oxygen atoms in total. The lowest BCUT2D eigenvalue weighted by molar-refractivity contribution is 0.120. The van der Waals surface area contributed by atoms with Crippen LogP contribution in [0.1, 0.15) is 24.0 Å². The lowest BCUT2D eigenvalue weighted by Crippen LogP contribution is -2.41. The number of hydrogen-bond acceptors (Lipinski definition) is 2. The molecule has 0 amide bonds. The van der Waals surface area contributed by atoms with Gasteiger partial charge in [0.15, 0.2) is 0 Å². The molecule has 1 aliphatic rings. The fourth-order valence-electron chi connectivity index (χ4n) is 2.38. The van der Waals surface area contributed by atoms with E-state index in [1.807, 2.05) is 0 Å². The fourth-order valence-corrected chi connectivity index (χ4v) is 2.38. The van der Waals surface area contributed by atoms with Gasteiger partial charge in [0.2, 0.25) is 0 Å². The topological polar surface area (TPSA) is 21.3 Å². The van der Waals surface area contributed by atoms with E-state index >= 15 is 0 Å². The lowest BCUT2D eigenvalue weighted by Gasteiger charge is -2.29. The van der Waals surface area contributed by atoms with E-state index in [-0.39, 0.29) is 5.54 Å². The third-order valence-corrected chi connectivity index (χ3v) is 3.24. The van der Waals surface area contributed by atoms with Crippen molar-refractivity contribution in [1.29, 1.82) is 0 Å². The minimum atomic E-state index is 0.0580. The summed E-state index contributed by atoms with van der Waals surface area (Å²) in [6.07, 6.45) is 2.40. The van der Waals surface area contributed by atoms with Gasteiger partial charge in [0.1, 0.15) is 0 Å². The standard InChI is InChI=1S/C13H19NO/c1-11-4-6-12(7-5-11)13(10-15-2)8-3-9-14-13/h4-7,14H,3,8-10H2,1-2H3. The van der Waals surface area contributed by atoms with E-state index < -0.39 is 0 Å². The Bertz CT molecular complexity index is 312. The summed E-state index contributed by atoms with van der Waals surface area (Å²) in [4.78, 5) is 0. The van der Waals surface area contributed by atoms with Gasteiger partial charge in [-0.15, -0.1) is 0 Å². The maximum absolute atomic E-state index is 5.35. The number of aryl methyl sites for hydroxylation is 1. The molecular weight excluding hydrogens is 186 g/mol. The molecule has 82 valence electrons. The van der Waals surface area contributed by atoms with Crippen LogP contribution in [0.3, 0.4) is 0 Å². The summed E-state index contributed by atoms with van der Waals surface area (Å²) in [7, 11) is 1.77. The van der Waals surface area contributed by atoms with E-state index in [9.17, 15) is 0 Å². The summed E-state index contributed by atoms with van der Waals surface area (Å²) < 4.78 is 5.35. The first-order valence-electron chi connectivity index (χ1n) is 5.58. The fraction of sp³-hybridized carbons (Fsp3) is 0.538. The molecule has 0 spiro atoms. The number of methoxy groups -OCH3 is 1. The highest BCUT2D eigenvalue weighted by Gasteiger charge is 2.34. The second-order valence-electron chi connectivity index (χ2n) is 4.41. The second-order valence-corrected chi connectivity index (χ2v) is 4.41. The van der Waals surface area contributed by atoms with Crippen LogP contribution >= 0.6 is 0 Å². The maximum Gasteiger partial charge on any atom is 0.0686 e. The van der Waals surface area contributed by atoms with Crippen LogP contribution in [0.5, 0.6) is 0 Å². The third-order valence-electron chi connectivity index (χ3n) is 3.24. The van der Waals surface area contributed by atoms with Crippen LogP contribution in [0.15, 0.2) is 24.3 Å².